The maximum absolute atomic E-state index is 6.02. The molecule has 1 aliphatic rings. The summed E-state index contributed by atoms with van der Waals surface area (Å²) in [6, 6.07) is 6.84. The van der Waals surface area contributed by atoms with Crippen molar-refractivity contribution in [3.63, 3.8) is 0 Å². The van der Waals surface area contributed by atoms with Gasteiger partial charge in [0.1, 0.15) is 12.4 Å². The van der Waals surface area contributed by atoms with Crippen LogP contribution in [0, 0.1) is 19.8 Å². The third-order valence-corrected chi connectivity index (χ3v) is 3.47. The van der Waals surface area contributed by atoms with Crippen LogP contribution < -0.4 is 10.1 Å². The summed E-state index contributed by atoms with van der Waals surface area (Å²) < 4.78 is 6.02. The Kier molecular flexibility index (Phi) is 4.06. The number of likely N-dealkylation sites (N-methyl/N-ethyl adjacent to an activating group) is 1. The standard InChI is InChI=1S/C15H23NO/c1-4-16-14(13-8-9-13)10-17-15-11(2)6-5-7-12(15)3/h5-7,13-14,16H,4,8-10H2,1-3H3. The monoisotopic (exact) mass is 233 g/mol. The van der Waals surface area contributed by atoms with E-state index in [4.69, 9.17) is 4.74 Å². The molecule has 1 fully saturated rings. The van der Waals surface area contributed by atoms with Crippen LogP contribution in [0.5, 0.6) is 5.75 Å². The lowest BCUT2D eigenvalue weighted by molar-refractivity contribution is 0.248. The van der Waals surface area contributed by atoms with E-state index in [1.165, 1.54) is 24.0 Å². The van der Waals surface area contributed by atoms with Crippen molar-refractivity contribution >= 4 is 0 Å². The molecule has 2 rings (SSSR count). The summed E-state index contributed by atoms with van der Waals surface area (Å²) >= 11 is 0. The van der Waals surface area contributed by atoms with Crippen molar-refractivity contribution in [2.24, 2.45) is 5.92 Å². The molecule has 1 atom stereocenters. The molecule has 0 saturated heterocycles. The van der Waals surface area contributed by atoms with E-state index >= 15 is 0 Å². The first-order valence-corrected chi connectivity index (χ1v) is 6.64. The molecule has 0 amide bonds. The van der Waals surface area contributed by atoms with E-state index < -0.39 is 0 Å². The zero-order valence-corrected chi connectivity index (χ0v) is 11.1. The van der Waals surface area contributed by atoms with Crippen molar-refractivity contribution in [2.45, 2.75) is 39.7 Å². The average Bonchev–Trinajstić information content (AvgIpc) is 3.10. The number of benzene rings is 1. The number of nitrogens with one attached hydrogen (secondary N) is 1. The highest BCUT2D eigenvalue weighted by Gasteiger charge is 2.31. The van der Waals surface area contributed by atoms with Crippen LogP contribution in [0.3, 0.4) is 0 Å². The lowest BCUT2D eigenvalue weighted by Gasteiger charge is -2.19. The number of para-hydroxylation sites is 1. The molecule has 0 aromatic heterocycles. The highest BCUT2D eigenvalue weighted by molar-refractivity contribution is 5.39. The third-order valence-electron chi connectivity index (χ3n) is 3.47. The average molecular weight is 233 g/mol. The largest absolute Gasteiger partial charge is 0.491 e. The summed E-state index contributed by atoms with van der Waals surface area (Å²) in [5, 5.41) is 3.53. The first-order chi connectivity index (χ1) is 8.22. The number of ether oxygens (including phenoxy) is 1. The summed E-state index contributed by atoms with van der Waals surface area (Å²) in [6.07, 6.45) is 2.71. The van der Waals surface area contributed by atoms with Crippen molar-refractivity contribution in [2.75, 3.05) is 13.2 Å². The second-order valence-electron chi connectivity index (χ2n) is 5.03. The molecule has 1 aliphatic carbocycles. The molecule has 17 heavy (non-hydrogen) atoms. The van der Waals surface area contributed by atoms with E-state index in [2.05, 4.69) is 44.3 Å². The van der Waals surface area contributed by atoms with Gasteiger partial charge in [0.05, 0.1) is 0 Å². The topological polar surface area (TPSA) is 21.3 Å². The molecule has 0 spiro atoms. The van der Waals surface area contributed by atoms with Crippen LogP contribution in [0.15, 0.2) is 18.2 Å². The van der Waals surface area contributed by atoms with E-state index in [-0.39, 0.29) is 0 Å². The van der Waals surface area contributed by atoms with Crippen molar-refractivity contribution < 1.29 is 4.74 Å². The summed E-state index contributed by atoms with van der Waals surface area (Å²) in [4.78, 5) is 0. The van der Waals surface area contributed by atoms with Crippen LogP contribution in [0.4, 0.5) is 0 Å². The lowest BCUT2D eigenvalue weighted by atomic mass is 10.1. The van der Waals surface area contributed by atoms with Crippen LogP contribution >= 0.6 is 0 Å². The zero-order valence-electron chi connectivity index (χ0n) is 11.1. The van der Waals surface area contributed by atoms with Gasteiger partial charge in [0.15, 0.2) is 0 Å². The summed E-state index contributed by atoms with van der Waals surface area (Å²) in [5.41, 5.74) is 2.46. The second-order valence-corrected chi connectivity index (χ2v) is 5.03. The summed E-state index contributed by atoms with van der Waals surface area (Å²) in [7, 11) is 0. The van der Waals surface area contributed by atoms with Gasteiger partial charge in [0, 0.05) is 6.04 Å². The van der Waals surface area contributed by atoms with Gasteiger partial charge in [-0.15, -0.1) is 0 Å². The molecular weight excluding hydrogens is 210 g/mol. The lowest BCUT2D eigenvalue weighted by Crippen LogP contribution is -2.36. The minimum atomic E-state index is 0.527. The number of hydrogen-bond acceptors (Lipinski definition) is 2. The van der Waals surface area contributed by atoms with Gasteiger partial charge in [0.2, 0.25) is 0 Å². The van der Waals surface area contributed by atoms with Crippen LogP contribution in [0.25, 0.3) is 0 Å². The van der Waals surface area contributed by atoms with Crippen LogP contribution in [-0.2, 0) is 0 Å². The van der Waals surface area contributed by atoms with Crippen LogP contribution in [-0.4, -0.2) is 19.2 Å². The molecule has 1 aromatic rings. The molecular formula is C15H23NO. The Bertz CT molecular complexity index is 351. The molecule has 0 radical (unpaired) electrons. The van der Waals surface area contributed by atoms with E-state index in [0.717, 1.165) is 24.8 Å². The minimum Gasteiger partial charge on any atom is -0.491 e. The van der Waals surface area contributed by atoms with Gasteiger partial charge in [-0.25, -0.2) is 0 Å². The SMILES string of the molecule is CCNC(COc1c(C)cccc1C)C1CC1. The molecule has 94 valence electrons. The van der Waals surface area contributed by atoms with Gasteiger partial charge in [-0.3, -0.25) is 0 Å². The van der Waals surface area contributed by atoms with E-state index in [9.17, 15) is 0 Å². The van der Waals surface area contributed by atoms with Gasteiger partial charge in [-0.2, -0.15) is 0 Å². The first-order valence-electron chi connectivity index (χ1n) is 6.64. The quantitative estimate of drug-likeness (QED) is 0.815. The summed E-state index contributed by atoms with van der Waals surface area (Å²) in [5.74, 6) is 1.90. The molecule has 1 unspecified atom stereocenters. The zero-order chi connectivity index (χ0) is 12.3. The van der Waals surface area contributed by atoms with E-state index in [1.54, 1.807) is 0 Å². The highest BCUT2D eigenvalue weighted by atomic mass is 16.5. The fraction of sp³-hybridized carbons (Fsp3) is 0.600. The Labute approximate surface area is 104 Å². The smallest absolute Gasteiger partial charge is 0.125 e. The Morgan fingerprint density at radius 1 is 1.29 bits per heavy atom. The van der Waals surface area contributed by atoms with Gasteiger partial charge >= 0.3 is 0 Å². The molecule has 0 aliphatic heterocycles. The van der Waals surface area contributed by atoms with Crippen LogP contribution in [0.2, 0.25) is 0 Å². The van der Waals surface area contributed by atoms with Crippen molar-refractivity contribution in [1.82, 2.24) is 5.32 Å². The molecule has 1 aromatic carbocycles. The predicted octanol–water partition coefficient (Wildman–Crippen LogP) is 3.07. The van der Waals surface area contributed by atoms with Gasteiger partial charge in [-0.1, -0.05) is 25.1 Å². The van der Waals surface area contributed by atoms with Gasteiger partial charge in [0.25, 0.3) is 0 Å². The second kappa shape index (κ2) is 5.54. The number of hydrogen-bond donors (Lipinski definition) is 1. The van der Waals surface area contributed by atoms with Crippen molar-refractivity contribution in [3.05, 3.63) is 29.3 Å². The van der Waals surface area contributed by atoms with Gasteiger partial charge < -0.3 is 10.1 Å². The Morgan fingerprint density at radius 2 is 1.94 bits per heavy atom. The minimum absolute atomic E-state index is 0.527. The predicted molar refractivity (Wildman–Crippen MR) is 71.6 cm³/mol. The highest BCUT2D eigenvalue weighted by Crippen LogP contribution is 2.33. The van der Waals surface area contributed by atoms with Gasteiger partial charge in [-0.05, 0) is 50.3 Å². The Hall–Kier alpha value is -1.02. The normalized spacial score (nSPS) is 16.9. The third kappa shape index (κ3) is 3.22. The fourth-order valence-electron chi connectivity index (χ4n) is 2.32. The maximum atomic E-state index is 6.02. The number of rotatable bonds is 6. The molecule has 1 N–H and O–H groups in total. The molecule has 0 bridgehead atoms. The van der Waals surface area contributed by atoms with Crippen molar-refractivity contribution in [3.8, 4) is 5.75 Å². The van der Waals surface area contributed by atoms with Crippen LogP contribution in [0.1, 0.15) is 30.9 Å². The van der Waals surface area contributed by atoms with E-state index in [0.29, 0.717) is 6.04 Å². The maximum Gasteiger partial charge on any atom is 0.125 e. The van der Waals surface area contributed by atoms with Crippen molar-refractivity contribution in [1.29, 1.82) is 0 Å². The first kappa shape index (κ1) is 12.4. The molecule has 0 heterocycles. The molecule has 2 nitrogen and oxygen atoms in total. The summed E-state index contributed by atoms with van der Waals surface area (Å²) in [6.45, 7) is 8.21. The Balaban J connectivity index is 1.95. The Morgan fingerprint density at radius 3 is 2.47 bits per heavy atom. The fourth-order valence-corrected chi connectivity index (χ4v) is 2.32. The van der Waals surface area contributed by atoms with E-state index in [1.807, 2.05) is 0 Å². The molecule has 1 saturated carbocycles. The number of aryl methyl sites for hydroxylation is 2. The molecule has 2 heteroatoms.